The van der Waals surface area contributed by atoms with Crippen molar-refractivity contribution in [2.45, 2.75) is 20.1 Å². The van der Waals surface area contributed by atoms with E-state index in [1.807, 2.05) is 0 Å². The van der Waals surface area contributed by atoms with Crippen LogP contribution in [-0.4, -0.2) is 31.9 Å². The molecule has 0 aromatic rings. The smallest absolute Gasteiger partial charge is 0.333 e. The van der Waals surface area contributed by atoms with Gasteiger partial charge >= 0.3 is 11.9 Å². The van der Waals surface area contributed by atoms with Crippen molar-refractivity contribution in [1.82, 2.24) is 0 Å². The first-order chi connectivity index (χ1) is 6.60. The van der Waals surface area contributed by atoms with E-state index in [9.17, 15) is 9.59 Å². The molecule has 0 aliphatic carbocycles. The van der Waals surface area contributed by atoms with E-state index in [0.29, 0.717) is 6.61 Å². The fourth-order valence-corrected chi connectivity index (χ4v) is 0.676. The van der Waals surface area contributed by atoms with Crippen molar-refractivity contribution in [3.8, 4) is 0 Å². The minimum absolute atomic E-state index is 0.454. The molecule has 0 spiro atoms. The van der Waals surface area contributed by atoms with Gasteiger partial charge in [0.1, 0.15) is 0 Å². The van der Waals surface area contributed by atoms with Crippen LogP contribution in [0.4, 0.5) is 0 Å². The SMILES string of the molecule is CCOC(C)OC(=O)C=CC(=O)OC. The second kappa shape index (κ2) is 7.08. The van der Waals surface area contributed by atoms with Crippen LogP contribution in [0.5, 0.6) is 0 Å². The van der Waals surface area contributed by atoms with Gasteiger partial charge in [0.05, 0.1) is 7.11 Å². The molecule has 0 aromatic carbocycles. The fourth-order valence-electron chi connectivity index (χ4n) is 0.676. The van der Waals surface area contributed by atoms with Crippen LogP contribution in [0.25, 0.3) is 0 Å². The number of hydrogen-bond acceptors (Lipinski definition) is 5. The van der Waals surface area contributed by atoms with Crippen LogP contribution < -0.4 is 0 Å². The van der Waals surface area contributed by atoms with Gasteiger partial charge < -0.3 is 14.2 Å². The second-order valence-corrected chi connectivity index (χ2v) is 2.32. The summed E-state index contributed by atoms with van der Waals surface area (Å²) >= 11 is 0. The molecule has 0 saturated heterocycles. The van der Waals surface area contributed by atoms with E-state index in [2.05, 4.69) is 4.74 Å². The molecule has 0 aliphatic rings. The molecule has 0 bridgehead atoms. The quantitative estimate of drug-likeness (QED) is 0.372. The maximum absolute atomic E-state index is 11.0. The highest BCUT2D eigenvalue weighted by molar-refractivity contribution is 5.91. The molecule has 0 aromatic heterocycles. The van der Waals surface area contributed by atoms with E-state index < -0.39 is 18.2 Å². The third kappa shape index (κ3) is 6.19. The van der Waals surface area contributed by atoms with E-state index >= 15 is 0 Å². The van der Waals surface area contributed by atoms with E-state index in [1.165, 1.54) is 7.11 Å². The van der Waals surface area contributed by atoms with Gasteiger partial charge in [-0.15, -0.1) is 0 Å². The highest BCUT2D eigenvalue weighted by Gasteiger charge is 2.05. The molecule has 0 N–H and O–H groups in total. The monoisotopic (exact) mass is 202 g/mol. The zero-order valence-corrected chi connectivity index (χ0v) is 8.48. The Morgan fingerprint density at radius 2 is 1.86 bits per heavy atom. The molecular formula is C9H14O5. The van der Waals surface area contributed by atoms with Crippen LogP contribution in [0, 0.1) is 0 Å². The van der Waals surface area contributed by atoms with Crippen LogP contribution in [0.15, 0.2) is 12.2 Å². The Morgan fingerprint density at radius 1 is 1.29 bits per heavy atom. The van der Waals surface area contributed by atoms with Crippen molar-refractivity contribution in [1.29, 1.82) is 0 Å². The molecular weight excluding hydrogens is 188 g/mol. The predicted molar refractivity (Wildman–Crippen MR) is 48.3 cm³/mol. The van der Waals surface area contributed by atoms with Crippen molar-refractivity contribution in [2.24, 2.45) is 0 Å². The lowest BCUT2D eigenvalue weighted by molar-refractivity contribution is -0.168. The summed E-state index contributed by atoms with van der Waals surface area (Å²) in [6, 6.07) is 0. The normalized spacial score (nSPS) is 12.5. The molecule has 1 atom stereocenters. The number of rotatable bonds is 5. The van der Waals surface area contributed by atoms with Gasteiger partial charge in [0.15, 0.2) is 6.29 Å². The number of hydrogen-bond donors (Lipinski definition) is 0. The summed E-state index contributed by atoms with van der Waals surface area (Å²) in [6.07, 6.45) is 1.36. The van der Waals surface area contributed by atoms with Gasteiger partial charge in [-0.1, -0.05) is 0 Å². The lowest BCUT2D eigenvalue weighted by Gasteiger charge is -2.10. The van der Waals surface area contributed by atoms with Crippen molar-refractivity contribution < 1.29 is 23.8 Å². The lowest BCUT2D eigenvalue weighted by atomic mass is 10.5. The lowest BCUT2D eigenvalue weighted by Crippen LogP contribution is -2.16. The van der Waals surface area contributed by atoms with Crippen molar-refractivity contribution in [2.75, 3.05) is 13.7 Å². The maximum atomic E-state index is 11.0. The fraction of sp³-hybridized carbons (Fsp3) is 0.556. The molecule has 0 rings (SSSR count). The van der Waals surface area contributed by atoms with Gasteiger partial charge in [-0.2, -0.15) is 0 Å². The summed E-state index contributed by atoms with van der Waals surface area (Å²) < 4.78 is 14.0. The highest BCUT2D eigenvalue weighted by atomic mass is 16.7. The molecule has 1 unspecified atom stereocenters. The number of esters is 2. The first kappa shape index (κ1) is 12.6. The summed E-state index contributed by atoms with van der Waals surface area (Å²) in [6.45, 7) is 3.83. The van der Waals surface area contributed by atoms with Crippen LogP contribution in [-0.2, 0) is 23.8 Å². The van der Waals surface area contributed by atoms with Crippen LogP contribution >= 0.6 is 0 Å². The number of methoxy groups -OCH3 is 1. The minimum Gasteiger partial charge on any atom is -0.466 e. The predicted octanol–water partition coefficient (Wildman–Crippen LogP) is 0.641. The first-order valence-electron chi connectivity index (χ1n) is 4.18. The average molecular weight is 202 g/mol. The van der Waals surface area contributed by atoms with Crippen LogP contribution in [0.2, 0.25) is 0 Å². The second-order valence-electron chi connectivity index (χ2n) is 2.32. The largest absolute Gasteiger partial charge is 0.466 e. The van der Waals surface area contributed by atoms with E-state index in [1.54, 1.807) is 13.8 Å². The van der Waals surface area contributed by atoms with E-state index in [0.717, 1.165) is 12.2 Å². The Balaban J connectivity index is 3.86. The van der Waals surface area contributed by atoms with Gasteiger partial charge in [-0.25, -0.2) is 9.59 Å². The Kier molecular flexibility index (Phi) is 6.39. The average Bonchev–Trinajstić information content (AvgIpc) is 2.14. The van der Waals surface area contributed by atoms with Gasteiger partial charge in [-0.3, -0.25) is 0 Å². The Bertz CT molecular complexity index is 221. The van der Waals surface area contributed by atoms with Gasteiger partial charge in [-0.05, 0) is 13.8 Å². The molecule has 0 aliphatic heterocycles. The Hall–Kier alpha value is -1.36. The van der Waals surface area contributed by atoms with Crippen molar-refractivity contribution in [3.05, 3.63) is 12.2 Å². The zero-order chi connectivity index (χ0) is 11.0. The molecule has 0 radical (unpaired) electrons. The standard InChI is InChI=1S/C9H14O5/c1-4-13-7(2)14-9(11)6-5-8(10)12-3/h5-7H,4H2,1-3H3. The molecule has 14 heavy (non-hydrogen) atoms. The molecule has 5 heteroatoms. The number of ether oxygens (including phenoxy) is 3. The third-order valence-electron chi connectivity index (χ3n) is 1.24. The van der Waals surface area contributed by atoms with Gasteiger partial charge in [0.25, 0.3) is 0 Å². The molecule has 80 valence electrons. The molecule has 0 amide bonds. The zero-order valence-electron chi connectivity index (χ0n) is 8.48. The van der Waals surface area contributed by atoms with Gasteiger partial charge in [0.2, 0.25) is 0 Å². The maximum Gasteiger partial charge on any atom is 0.333 e. The van der Waals surface area contributed by atoms with E-state index in [-0.39, 0.29) is 0 Å². The molecule has 0 heterocycles. The van der Waals surface area contributed by atoms with Crippen LogP contribution in [0.1, 0.15) is 13.8 Å². The number of carbonyl (C=O) groups excluding carboxylic acids is 2. The summed E-state index contributed by atoms with van der Waals surface area (Å²) in [5.74, 6) is -1.25. The Morgan fingerprint density at radius 3 is 2.36 bits per heavy atom. The summed E-state index contributed by atoms with van der Waals surface area (Å²) in [5, 5.41) is 0. The van der Waals surface area contributed by atoms with E-state index in [4.69, 9.17) is 9.47 Å². The molecule has 5 nitrogen and oxygen atoms in total. The topological polar surface area (TPSA) is 61.8 Å². The van der Waals surface area contributed by atoms with Crippen molar-refractivity contribution in [3.63, 3.8) is 0 Å². The molecule has 0 fully saturated rings. The highest BCUT2D eigenvalue weighted by Crippen LogP contribution is 1.94. The molecule has 0 saturated carbocycles. The van der Waals surface area contributed by atoms with Gasteiger partial charge in [0, 0.05) is 18.8 Å². The van der Waals surface area contributed by atoms with Crippen LogP contribution in [0.3, 0.4) is 0 Å². The first-order valence-corrected chi connectivity index (χ1v) is 4.18. The van der Waals surface area contributed by atoms with Crippen molar-refractivity contribution >= 4 is 11.9 Å². The third-order valence-corrected chi connectivity index (χ3v) is 1.24. The summed E-state index contributed by atoms with van der Waals surface area (Å²) in [5.41, 5.74) is 0. The number of carbonyl (C=O) groups is 2. The minimum atomic E-state index is -0.642. The summed E-state index contributed by atoms with van der Waals surface area (Å²) in [7, 11) is 1.22. The summed E-state index contributed by atoms with van der Waals surface area (Å²) in [4.78, 5) is 21.5. The Labute approximate surface area is 82.6 Å².